The van der Waals surface area contributed by atoms with Crippen molar-refractivity contribution in [2.45, 2.75) is 44.3 Å². The Morgan fingerprint density at radius 2 is 1.78 bits per heavy atom. The number of carbonyl (C=O) groups excluding carboxylic acids is 1. The molecule has 6 nitrogen and oxygen atoms in total. The Morgan fingerprint density at radius 3 is 2.30 bits per heavy atom. The largest absolute Gasteiger partial charge is 0.481 e. The minimum atomic E-state index is -4.40. The number of piperidine rings is 1. The highest BCUT2D eigenvalue weighted by molar-refractivity contribution is 5.81. The maximum Gasteiger partial charge on any atom is 0.417 e. The number of hydrogen-bond donors (Lipinski definition) is 2. The number of hydrogen-bond acceptors (Lipinski definition) is 4. The van der Waals surface area contributed by atoms with E-state index in [1.54, 1.807) is 0 Å². The van der Waals surface area contributed by atoms with E-state index in [1.807, 2.05) is 4.90 Å². The molecule has 3 rings (SSSR count). The number of carboxylic acids is 1. The van der Waals surface area contributed by atoms with Gasteiger partial charge in [0.25, 0.3) is 0 Å². The quantitative estimate of drug-likeness (QED) is 0.833. The number of carbonyl (C=O) groups is 2. The van der Waals surface area contributed by atoms with Crippen LogP contribution in [0.15, 0.2) is 18.3 Å². The maximum absolute atomic E-state index is 12.6. The highest BCUT2D eigenvalue weighted by Gasteiger charge is 2.35. The van der Waals surface area contributed by atoms with Gasteiger partial charge in [0, 0.05) is 31.2 Å². The Morgan fingerprint density at radius 1 is 1.11 bits per heavy atom. The summed E-state index contributed by atoms with van der Waals surface area (Å²) in [6.45, 7) is 1.18. The van der Waals surface area contributed by atoms with Crippen LogP contribution in [0.3, 0.4) is 0 Å². The van der Waals surface area contributed by atoms with Crippen LogP contribution < -0.4 is 10.2 Å². The molecule has 0 unspecified atom stereocenters. The second-order valence-electron chi connectivity index (χ2n) is 7.22. The third-order valence-electron chi connectivity index (χ3n) is 5.39. The van der Waals surface area contributed by atoms with Gasteiger partial charge in [-0.25, -0.2) is 4.98 Å². The van der Waals surface area contributed by atoms with Crippen molar-refractivity contribution in [1.29, 1.82) is 0 Å². The summed E-state index contributed by atoms with van der Waals surface area (Å²) in [6.07, 6.45) is -0.712. The summed E-state index contributed by atoms with van der Waals surface area (Å²) in [7, 11) is 0. The molecule has 1 saturated heterocycles. The van der Waals surface area contributed by atoms with Crippen LogP contribution in [-0.2, 0) is 15.8 Å². The molecule has 148 valence electrons. The van der Waals surface area contributed by atoms with Gasteiger partial charge in [-0.1, -0.05) is 0 Å². The molecule has 2 aliphatic rings. The first kappa shape index (κ1) is 19.4. The number of nitrogens with zero attached hydrogens (tertiary/aromatic N) is 2. The molecule has 9 heteroatoms. The van der Waals surface area contributed by atoms with Crippen LogP contribution in [0.2, 0.25) is 0 Å². The molecule has 0 aromatic carbocycles. The Labute approximate surface area is 154 Å². The second-order valence-corrected chi connectivity index (χ2v) is 7.22. The van der Waals surface area contributed by atoms with Crippen LogP contribution in [0.25, 0.3) is 0 Å². The number of aliphatic carboxylic acids is 1. The van der Waals surface area contributed by atoms with Crippen molar-refractivity contribution in [2.75, 3.05) is 18.0 Å². The molecule has 2 fully saturated rings. The number of nitrogens with one attached hydrogen (secondary N) is 1. The number of carboxylic acid groups (broad SMARTS) is 1. The van der Waals surface area contributed by atoms with Crippen molar-refractivity contribution < 1.29 is 27.9 Å². The van der Waals surface area contributed by atoms with Gasteiger partial charge in [0.1, 0.15) is 5.82 Å². The zero-order valence-electron chi connectivity index (χ0n) is 14.7. The van der Waals surface area contributed by atoms with E-state index in [1.165, 1.54) is 6.07 Å². The fourth-order valence-corrected chi connectivity index (χ4v) is 3.76. The summed E-state index contributed by atoms with van der Waals surface area (Å²) in [5.74, 6) is -1.13. The van der Waals surface area contributed by atoms with E-state index in [9.17, 15) is 22.8 Å². The first-order valence-corrected chi connectivity index (χ1v) is 9.05. The van der Waals surface area contributed by atoms with Gasteiger partial charge in [-0.15, -0.1) is 0 Å². The van der Waals surface area contributed by atoms with E-state index in [4.69, 9.17) is 5.11 Å². The zero-order chi connectivity index (χ0) is 19.6. The third kappa shape index (κ3) is 4.70. The summed E-state index contributed by atoms with van der Waals surface area (Å²) in [5, 5.41) is 12.0. The predicted molar refractivity (Wildman–Crippen MR) is 91.1 cm³/mol. The maximum atomic E-state index is 12.6. The lowest BCUT2D eigenvalue weighted by molar-refractivity contribution is -0.141. The number of alkyl halides is 3. The number of pyridine rings is 1. The van der Waals surface area contributed by atoms with Gasteiger partial charge in [0.15, 0.2) is 0 Å². The van der Waals surface area contributed by atoms with E-state index in [2.05, 4.69) is 10.3 Å². The van der Waals surface area contributed by atoms with Gasteiger partial charge in [-0.05, 0) is 44.2 Å². The molecular weight excluding hydrogens is 363 g/mol. The molecule has 0 bridgehead atoms. The van der Waals surface area contributed by atoms with E-state index >= 15 is 0 Å². The van der Waals surface area contributed by atoms with Crippen molar-refractivity contribution in [2.24, 2.45) is 11.8 Å². The molecule has 0 spiro atoms. The van der Waals surface area contributed by atoms with Crippen LogP contribution in [0, 0.1) is 11.8 Å². The minimum absolute atomic E-state index is 0.00734. The van der Waals surface area contributed by atoms with E-state index in [0.717, 1.165) is 12.3 Å². The SMILES string of the molecule is O=C(O)[C@@H]1CC[C@H](C(=O)NC2CCN(c3ccc(C(F)(F)F)cn3)CC2)C1. The molecule has 1 aromatic heterocycles. The lowest BCUT2D eigenvalue weighted by Crippen LogP contribution is -2.46. The normalized spacial score (nSPS) is 24.0. The Balaban J connectivity index is 1.48. The van der Waals surface area contributed by atoms with E-state index in [-0.39, 0.29) is 17.9 Å². The predicted octanol–water partition coefficient (Wildman–Crippen LogP) is 2.69. The number of halogens is 3. The van der Waals surface area contributed by atoms with Crippen molar-refractivity contribution in [1.82, 2.24) is 10.3 Å². The van der Waals surface area contributed by atoms with Gasteiger partial charge < -0.3 is 15.3 Å². The zero-order valence-corrected chi connectivity index (χ0v) is 14.7. The smallest absolute Gasteiger partial charge is 0.417 e. The molecular formula is C18H22F3N3O3. The highest BCUT2D eigenvalue weighted by Crippen LogP contribution is 2.32. The second kappa shape index (κ2) is 7.74. The number of rotatable bonds is 4. The fraction of sp³-hybridized carbons (Fsp3) is 0.611. The van der Waals surface area contributed by atoms with Gasteiger partial charge in [0.2, 0.25) is 5.91 Å². The van der Waals surface area contributed by atoms with Gasteiger partial charge in [0.05, 0.1) is 11.5 Å². The Hall–Kier alpha value is -2.32. The van der Waals surface area contributed by atoms with Crippen LogP contribution >= 0.6 is 0 Å². The van der Waals surface area contributed by atoms with Crippen LogP contribution in [0.5, 0.6) is 0 Å². The van der Waals surface area contributed by atoms with Gasteiger partial charge in [-0.2, -0.15) is 13.2 Å². The summed E-state index contributed by atoms with van der Waals surface area (Å²) < 4.78 is 37.8. The van der Waals surface area contributed by atoms with Crippen molar-refractivity contribution in [3.63, 3.8) is 0 Å². The van der Waals surface area contributed by atoms with Crippen LogP contribution in [-0.4, -0.2) is 41.1 Å². The van der Waals surface area contributed by atoms with Crippen LogP contribution in [0.4, 0.5) is 19.0 Å². The van der Waals surface area contributed by atoms with Crippen molar-refractivity contribution in [3.8, 4) is 0 Å². The minimum Gasteiger partial charge on any atom is -0.481 e. The Bertz CT molecular complexity index is 685. The number of amides is 1. The summed E-state index contributed by atoms with van der Waals surface area (Å²) in [6, 6.07) is 2.38. The first-order chi connectivity index (χ1) is 12.7. The standard InChI is InChI=1S/C18H22F3N3O3/c19-18(20,21)13-3-4-15(22-10-13)24-7-5-14(6-8-24)23-16(25)11-1-2-12(9-11)17(26)27/h3-4,10-12,14H,1-2,5-9H2,(H,23,25)(H,26,27)/t11-,12+/m0/s1. The number of anilines is 1. The fourth-order valence-electron chi connectivity index (χ4n) is 3.76. The highest BCUT2D eigenvalue weighted by atomic mass is 19.4. The first-order valence-electron chi connectivity index (χ1n) is 9.05. The molecule has 1 aliphatic carbocycles. The third-order valence-corrected chi connectivity index (χ3v) is 5.39. The number of aromatic nitrogens is 1. The van der Waals surface area contributed by atoms with Crippen molar-refractivity contribution >= 4 is 17.7 Å². The molecule has 1 amide bonds. The lowest BCUT2D eigenvalue weighted by Gasteiger charge is -2.33. The average molecular weight is 385 g/mol. The Kier molecular flexibility index (Phi) is 5.57. The summed E-state index contributed by atoms with van der Waals surface area (Å²) in [5.41, 5.74) is -0.773. The average Bonchev–Trinajstić information content (AvgIpc) is 3.12. The summed E-state index contributed by atoms with van der Waals surface area (Å²) in [4.78, 5) is 29.1. The van der Waals surface area contributed by atoms with Gasteiger partial charge >= 0.3 is 12.1 Å². The molecule has 1 aromatic rings. The van der Waals surface area contributed by atoms with Gasteiger partial charge in [-0.3, -0.25) is 9.59 Å². The van der Waals surface area contributed by atoms with E-state index < -0.39 is 23.6 Å². The molecule has 1 saturated carbocycles. The van der Waals surface area contributed by atoms with Crippen LogP contribution in [0.1, 0.15) is 37.7 Å². The topological polar surface area (TPSA) is 82.5 Å². The molecule has 1 aliphatic heterocycles. The van der Waals surface area contributed by atoms with Crippen molar-refractivity contribution in [3.05, 3.63) is 23.9 Å². The molecule has 2 N–H and O–H groups in total. The van der Waals surface area contributed by atoms with E-state index in [0.29, 0.717) is 51.0 Å². The summed E-state index contributed by atoms with van der Waals surface area (Å²) >= 11 is 0. The lowest BCUT2D eigenvalue weighted by atomic mass is 10.0. The molecule has 0 radical (unpaired) electrons. The molecule has 2 heterocycles. The molecule has 2 atom stereocenters. The molecule has 27 heavy (non-hydrogen) atoms. The monoisotopic (exact) mass is 385 g/mol.